The second kappa shape index (κ2) is 8.34. The first kappa shape index (κ1) is 17.7. The zero-order chi connectivity index (χ0) is 18.4. The quantitative estimate of drug-likeness (QED) is 0.640. The SMILES string of the molecule is CCCCN1C=CC(C(=O)NC(N)=Nc2ccccc2)c2ccccc21. The lowest BCUT2D eigenvalue weighted by Crippen LogP contribution is -2.40. The molecule has 1 unspecified atom stereocenters. The third-order valence-corrected chi connectivity index (χ3v) is 4.33. The minimum absolute atomic E-state index is 0.0977. The van der Waals surface area contributed by atoms with Gasteiger partial charge in [-0.25, -0.2) is 4.99 Å². The van der Waals surface area contributed by atoms with E-state index in [2.05, 4.69) is 28.2 Å². The number of benzene rings is 2. The van der Waals surface area contributed by atoms with Gasteiger partial charge in [-0.1, -0.05) is 55.8 Å². The van der Waals surface area contributed by atoms with Crippen LogP contribution in [-0.4, -0.2) is 18.4 Å². The van der Waals surface area contributed by atoms with Gasteiger partial charge in [0.05, 0.1) is 11.6 Å². The number of nitrogens with zero attached hydrogens (tertiary/aromatic N) is 2. The number of fused-ring (bicyclic) bond motifs is 1. The van der Waals surface area contributed by atoms with Gasteiger partial charge in [0, 0.05) is 18.4 Å². The summed E-state index contributed by atoms with van der Waals surface area (Å²) in [4.78, 5) is 19.2. The summed E-state index contributed by atoms with van der Waals surface area (Å²) >= 11 is 0. The minimum atomic E-state index is -0.381. The molecule has 1 heterocycles. The molecule has 5 nitrogen and oxygen atoms in total. The first-order valence-corrected chi connectivity index (χ1v) is 8.93. The molecule has 2 aromatic rings. The average molecular weight is 348 g/mol. The molecule has 1 aliphatic heterocycles. The van der Waals surface area contributed by atoms with Crippen LogP contribution in [0.5, 0.6) is 0 Å². The van der Waals surface area contributed by atoms with Crippen molar-refractivity contribution in [3.8, 4) is 0 Å². The smallest absolute Gasteiger partial charge is 0.238 e. The Bertz CT molecular complexity index is 814. The third-order valence-electron chi connectivity index (χ3n) is 4.33. The van der Waals surface area contributed by atoms with Crippen LogP contribution >= 0.6 is 0 Å². The fourth-order valence-electron chi connectivity index (χ4n) is 3.01. The number of carbonyl (C=O) groups is 1. The molecule has 0 saturated carbocycles. The molecule has 0 saturated heterocycles. The molecule has 0 bridgehead atoms. The van der Waals surface area contributed by atoms with E-state index in [1.165, 1.54) is 0 Å². The highest BCUT2D eigenvalue weighted by molar-refractivity contribution is 6.01. The van der Waals surface area contributed by atoms with Crippen LogP contribution in [0.3, 0.4) is 0 Å². The number of hydrogen-bond acceptors (Lipinski definition) is 3. The zero-order valence-electron chi connectivity index (χ0n) is 14.9. The van der Waals surface area contributed by atoms with Crippen molar-refractivity contribution in [2.45, 2.75) is 25.7 Å². The fourth-order valence-corrected chi connectivity index (χ4v) is 3.01. The predicted octanol–water partition coefficient (Wildman–Crippen LogP) is 3.67. The van der Waals surface area contributed by atoms with E-state index in [0.29, 0.717) is 5.69 Å². The van der Waals surface area contributed by atoms with Gasteiger partial charge in [-0.05, 0) is 30.2 Å². The van der Waals surface area contributed by atoms with E-state index in [9.17, 15) is 4.79 Å². The second-order valence-corrected chi connectivity index (χ2v) is 6.25. The monoisotopic (exact) mass is 348 g/mol. The Morgan fingerprint density at radius 3 is 2.65 bits per heavy atom. The van der Waals surface area contributed by atoms with E-state index in [1.54, 1.807) is 0 Å². The lowest BCUT2D eigenvalue weighted by molar-refractivity contribution is -0.120. The number of aliphatic imine (C=N–C) groups is 1. The third kappa shape index (κ3) is 4.11. The number of amides is 1. The Balaban J connectivity index is 1.77. The average Bonchev–Trinajstić information content (AvgIpc) is 2.66. The highest BCUT2D eigenvalue weighted by Gasteiger charge is 2.26. The first-order valence-electron chi connectivity index (χ1n) is 8.93. The van der Waals surface area contributed by atoms with Gasteiger partial charge in [-0.15, -0.1) is 0 Å². The van der Waals surface area contributed by atoms with Crippen LogP contribution in [0.1, 0.15) is 31.2 Å². The molecule has 134 valence electrons. The number of unbranched alkanes of at least 4 members (excludes halogenated alkanes) is 1. The molecule has 1 aliphatic rings. The summed E-state index contributed by atoms with van der Waals surface area (Å²) in [5, 5.41) is 2.72. The standard InChI is InChI=1S/C21H24N4O/c1-2-3-14-25-15-13-18(17-11-7-8-12-19(17)25)20(26)24-21(22)23-16-9-5-4-6-10-16/h4-13,15,18H,2-3,14H2,1H3,(H3,22,23,24,26). The van der Waals surface area contributed by atoms with Crippen molar-refractivity contribution >= 4 is 23.2 Å². The summed E-state index contributed by atoms with van der Waals surface area (Å²) in [6.07, 6.45) is 6.14. The molecule has 3 rings (SSSR count). The second-order valence-electron chi connectivity index (χ2n) is 6.25. The minimum Gasteiger partial charge on any atom is -0.369 e. The highest BCUT2D eigenvalue weighted by atomic mass is 16.2. The van der Waals surface area contributed by atoms with Crippen molar-refractivity contribution in [3.63, 3.8) is 0 Å². The summed E-state index contributed by atoms with van der Waals surface area (Å²) in [6.45, 7) is 3.11. The van der Waals surface area contributed by atoms with E-state index < -0.39 is 0 Å². The maximum Gasteiger partial charge on any atom is 0.238 e. The van der Waals surface area contributed by atoms with E-state index in [4.69, 9.17) is 5.73 Å². The van der Waals surface area contributed by atoms with Gasteiger partial charge in [0.25, 0.3) is 0 Å². The molecule has 2 aromatic carbocycles. The summed E-state index contributed by atoms with van der Waals surface area (Å²) in [5.74, 6) is -0.463. The van der Waals surface area contributed by atoms with Crippen molar-refractivity contribution in [3.05, 3.63) is 72.4 Å². The highest BCUT2D eigenvalue weighted by Crippen LogP contribution is 2.33. The molecule has 0 radical (unpaired) electrons. The number of nitrogens with one attached hydrogen (secondary N) is 1. The zero-order valence-corrected chi connectivity index (χ0v) is 14.9. The van der Waals surface area contributed by atoms with Gasteiger partial charge < -0.3 is 10.6 Å². The van der Waals surface area contributed by atoms with Crippen LogP contribution < -0.4 is 16.0 Å². The molecule has 0 aromatic heterocycles. The topological polar surface area (TPSA) is 70.7 Å². The van der Waals surface area contributed by atoms with Crippen molar-refractivity contribution < 1.29 is 4.79 Å². The molecule has 0 fully saturated rings. The van der Waals surface area contributed by atoms with Crippen LogP contribution in [-0.2, 0) is 4.79 Å². The lowest BCUT2D eigenvalue weighted by Gasteiger charge is -2.30. The molecular formula is C21H24N4O. The fraction of sp³-hybridized carbons (Fsp3) is 0.238. The Morgan fingerprint density at radius 1 is 1.15 bits per heavy atom. The molecule has 3 N–H and O–H groups in total. The van der Waals surface area contributed by atoms with E-state index in [-0.39, 0.29) is 17.8 Å². The summed E-state index contributed by atoms with van der Waals surface area (Å²) in [7, 11) is 0. The number of hydrogen-bond donors (Lipinski definition) is 2. The number of carbonyl (C=O) groups excluding carboxylic acids is 1. The Morgan fingerprint density at radius 2 is 1.88 bits per heavy atom. The molecule has 0 spiro atoms. The molecular weight excluding hydrogens is 324 g/mol. The Hall–Kier alpha value is -3.08. The van der Waals surface area contributed by atoms with E-state index >= 15 is 0 Å². The predicted molar refractivity (Wildman–Crippen MR) is 106 cm³/mol. The maximum absolute atomic E-state index is 12.7. The Labute approximate surface area is 154 Å². The van der Waals surface area contributed by atoms with Crippen molar-refractivity contribution in [1.82, 2.24) is 5.32 Å². The summed E-state index contributed by atoms with van der Waals surface area (Å²) in [5.41, 5.74) is 8.67. The van der Waals surface area contributed by atoms with Gasteiger partial charge in [0.15, 0.2) is 0 Å². The summed E-state index contributed by atoms with van der Waals surface area (Å²) < 4.78 is 0. The lowest BCUT2D eigenvalue weighted by atomic mass is 9.93. The number of guanidine groups is 1. The van der Waals surface area contributed by atoms with Crippen LogP contribution in [0.2, 0.25) is 0 Å². The van der Waals surface area contributed by atoms with Gasteiger partial charge in [0.1, 0.15) is 0 Å². The van der Waals surface area contributed by atoms with Gasteiger partial charge in [-0.2, -0.15) is 0 Å². The largest absolute Gasteiger partial charge is 0.369 e. The number of rotatable bonds is 5. The molecule has 0 aliphatic carbocycles. The number of para-hydroxylation sites is 2. The molecule has 26 heavy (non-hydrogen) atoms. The molecule has 1 atom stereocenters. The normalized spacial score (nSPS) is 16.3. The molecule has 5 heteroatoms. The van der Waals surface area contributed by atoms with E-state index in [1.807, 2.05) is 60.8 Å². The first-order chi connectivity index (χ1) is 12.7. The van der Waals surface area contributed by atoms with Crippen molar-refractivity contribution in [2.75, 3.05) is 11.4 Å². The van der Waals surface area contributed by atoms with Gasteiger partial charge >= 0.3 is 0 Å². The van der Waals surface area contributed by atoms with Gasteiger partial charge in [-0.3, -0.25) is 10.1 Å². The Kier molecular flexibility index (Phi) is 5.69. The van der Waals surface area contributed by atoms with Crippen LogP contribution in [0, 0.1) is 0 Å². The van der Waals surface area contributed by atoms with Crippen LogP contribution in [0.15, 0.2) is 71.9 Å². The maximum atomic E-state index is 12.7. The van der Waals surface area contributed by atoms with Crippen LogP contribution in [0.25, 0.3) is 0 Å². The van der Waals surface area contributed by atoms with Crippen molar-refractivity contribution in [1.29, 1.82) is 0 Å². The van der Waals surface area contributed by atoms with E-state index in [0.717, 1.165) is 30.6 Å². The number of anilines is 1. The molecule has 1 amide bonds. The van der Waals surface area contributed by atoms with Crippen molar-refractivity contribution in [2.24, 2.45) is 10.7 Å². The summed E-state index contributed by atoms with van der Waals surface area (Å²) in [6, 6.07) is 17.3. The van der Waals surface area contributed by atoms with Crippen LogP contribution in [0.4, 0.5) is 11.4 Å². The number of nitrogens with two attached hydrogens (primary N) is 1. The van der Waals surface area contributed by atoms with Gasteiger partial charge in [0.2, 0.25) is 11.9 Å².